The highest BCUT2D eigenvalue weighted by atomic mass is 19.1. The Bertz CT molecular complexity index is 1370. The number of hydrogen-bond donors (Lipinski definition) is 4. The lowest BCUT2D eigenvalue weighted by Crippen LogP contribution is -2.52. The molecular formula is C29H35FN6O4. The van der Waals surface area contributed by atoms with Gasteiger partial charge >= 0.3 is 6.03 Å². The van der Waals surface area contributed by atoms with Crippen LogP contribution < -0.4 is 20.7 Å². The van der Waals surface area contributed by atoms with Gasteiger partial charge in [-0.2, -0.15) is 0 Å². The summed E-state index contributed by atoms with van der Waals surface area (Å²) in [5.41, 5.74) is 3.20. The zero-order chi connectivity index (χ0) is 28.9. The molecule has 2 aromatic heterocycles. The van der Waals surface area contributed by atoms with Gasteiger partial charge in [-0.15, -0.1) is 0 Å². The highest BCUT2D eigenvalue weighted by Gasteiger charge is 2.41. The number of likely N-dealkylation sites (N-methyl/N-ethyl adjacent to an activating group) is 1. The number of halogens is 1. The largest absolute Gasteiger partial charge is 0.475 e. The van der Waals surface area contributed by atoms with Crippen LogP contribution in [0.4, 0.5) is 20.7 Å². The van der Waals surface area contributed by atoms with Gasteiger partial charge in [-0.05, 0) is 75.0 Å². The maximum absolute atomic E-state index is 13.8. The second kappa shape index (κ2) is 12.4. The van der Waals surface area contributed by atoms with Gasteiger partial charge in [0, 0.05) is 42.4 Å². The van der Waals surface area contributed by atoms with Crippen LogP contribution >= 0.6 is 0 Å². The Morgan fingerprint density at radius 1 is 1.12 bits per heavy atom. The minimum absolute atomic E-state index is 0.0674. The minimum atomic E-state index is -1.22. The van der Waals surface area contributed by atoms with Gasteiger partial charge in [-0.1, -0.05) is 6.07 Å². The zero-order valence-corrected chi connectivity index (χ0v) is 23.1. The van der Waals surface area contributed by atoms with Gasteiger partial charge in [-0.3, -0.25) is 4.79 Å². The third-order valence-corrected chi connectivity index (χ3v) is 6.41. The van der Waals surface area contributed by atoms with Gasteiger partial charge in [0.25, 0.3) is 0 Å². The van der Waals surface area contributed by atoms with E-state index in [4.69, 9.17) is 4.74 Å². The fraction of sp³-hybridized carbons (Fsp3) is 0.379. The standard InChI is InChI=1S/C29H35FN6O4/c1-18-5-6-21(32-28(39)33-22-15-29(2,30)16-22)14-23(18)20-11-24(34-27(13-20)40-10-9-37)19-7-8-31-25(12-19)35-26(38)17-36(3)4/h5-8,11-14,22,37H,9-10,15-17H2,1-4H3,(H,31,35,38)(H2,32,33,39). The second-order valence-electron chi connectivity index (χ2n) is 10.5. The summed E-state index contributed by atoms with van der Waals surface area (Å²) < 4.78 is 19.5. The normalized spacial score (nSPS) is 18.1. The van der Waals surface area contributed by atoms with E-state index in [-0.39, 0.29) is 31.7 Å². The fourth-order valence-electron chi connectivity index (χ4n) is 4.59. The Morgan fingerprint density at radius 3 is 2.60 bits per heavy atom. The quantitative estimate of drug-likeness (QED) is 0.300. The lowest BCUT2D eigenvalue weighted by molar-refractivity contribution is -0.116. The predicted octanol–water partition coefficient (Wildman–Crippen LogP) is 4.00. The Balaban J connectivity index is 1.61. The predicted molar refractivity (Wildman–Crippen MR) is 152 cm³/mol. The summed E-state index contributed by atoms with van der Waals surface area (Å²) in [5, 5.41) is 17.7. The molecule has 4 rings (SSSR count). The third-order valence-electron chi connectivity index (χ3n) is 6.41. The van der Waals surface area contributed by atoms with Crippen molar-refractivity contribution >= 4 is 23.4 Å². The molecule has 0 aliphatic heterocycles. The van der Waals surface area contributed by atoms with Crippen molar-refractivity contribution in [3.8, 4) is 28.3 Å². The van der Waals surface area contributed by atoms with Crippen molar-refractivity contribution in [2.24, 2.45) is 0 Å². The van der Waals surface area contributed by atoms with Crippen LogP contribution in [-0.4, -0.2) is 77.5 Å². The number of aliphatic hydroxyl groups is 1. The summed E-state index contributed by atoms with van der Waals surface area (Å²) in [4.78, 5) is 35.3. The van der Waals surface area contributed by atoms with Crippen LogP contribution in [0.1, 0.15) is 25.3 Å². The first kappa shape index (κ1) is 28.9. The topological polar surface area (TPSA) is 129 Å². The van der Waals surface area contributed by atoms with E-state index in [9.17, 15) is 19.1 Å². The molecular weight excluding hydrogens is 515 g/mol. The monoisotopic (exact) mass is 550 g/mol. The molecule has 40 heavy (non-hydrogen) atoms. The molecule has 0 saturated heterocycles. The summed E-state index contributed by atoms with van der Waals surface area (Å²) >= 11 is 0. The highest BCUT2D eigenvalue weighted by Crippen LogP contribution is 2.36. The molecule has 3 aromatic rings. The molecule has 3 amide bonds. The van der Waals surface area contributed by atoms with E-state index < -0.39 is 11.7 Å². The van der Waals surface area contributed by atoms with Crippen molar-refractivity contribution in [3.63, 3.8) is 0 Å². The van der Waals surface area contributed by atoms with E-state index in [2.05, 4.69) is 25.9 Å². The van der Waals surface area contributed by atoms with Gasteiger partial charge in [-0.25, -0.2) is 19.2 Å². The van der Waals surface area contributed by atoms with Crippen LogP contribution in [0.25, 0.3) is 22.4 Å². The van der Waals surface area contributed by atoms with Gasteiger partial charge in [0.05, 0.1) is 18.8 Å². The van der Waals surface area contributed by atoms with E-state index in [0.29, 0.717) is 41.5 Å². The molecule has 0 atom stereocenters. The summed E-state index contributed by atoms with van der Waals surface area (Å²) in [6.07, 6.45) is 2.18. The average Bonchev–Trinajstić information content (AvgIpc) is 2.87. The molecule has 0 radical (unpaired) electrons. The Morgan fingerprint density at radius 2 is 1.90 bits per heavy atom. The van der Waals surface area contributed by atoms with Gasteiger partial charge in [0.1, 0.15) is 18.1 Å². The van der Waals surface area contributed by atoms with Crippen LogP contribution in [0.15, 0.2) is 48.7 Å². The summed E-state index contributed by atoms with van der Waals surface area (Å²) in [6, 6.07) is 12.1. The molecule has 0 unspecified atom stereocenters. The van der Waals surface area contributed by atoms with E-state index in [1.54, 1.807) is 49.5 Å². The second-order valence-corrected chi connectivity index (χ2v) is 10.5. The van der Waals surface area contributed by atoms with Crippen molar-refractivity contribution in [1.82, 2.24) is 20.2 Å². The number of amides is 3. The number of nitrogens with one attached hydrogen (secondary N) is 3. The molecule has 1 fully saturated rings. The first-order valence-corrected chi connectivity index (χ1v) is 13.1. The highest BCUT2D eigenvalue weighted by molar-refractivity contribution is 5.92. The number of urea groups is 1. The molecule has 1 aliphatic rings. The lowest BCUT2D eigenvalue weighted by Gasteiger charge is -2.38. The van der Waals surface area contributed by atoms with Crippen LogP contribution in [0.5, 0.6) is 5.88 Å². The maximum atomic E-state index is 13.8. The summed E-state index contributed by atoms with van der Waals surface area (Å²) in [5.74, 6) is 0.511. The number of benzene rings is 1. The molecule has 1 aliphatic carbocycles. The first-order valence-electron chi connectivity index (χ1n) is 13.1. The lowest BCUT2D eigenvalue weighted by atomic mass is 9.79. The molecule has 2 heterocycles. The van der Waals surface area contributed by atoms with Crippen molar-refractivity contribution in [3.05, 3.63) is 54.2 Å². The van der Waals surface area contributed by atoms with Gasteiger partial charge in [0.2, 0.25) is 11.8 Å². The molecule has 0 bridgehead atoms. The zero-order valence-electron chi connectivity index (χ0n) is 23.1. The Labute approximate surface area is 233 Å². The Kier molecular flexibility index (Phi) is 8.96. The number of alkyl halides is 1. The number of aromatic nitrogens is 2. The molecule has 1 aromatic carbocycles. The summed E-state index contributed by atoms with van der Waals surface area (Å²) in [7, 11) is 3.61. The number of aliphatic hydroxyl groups excluding tert-OH is 1. The number of aryl methyl sites for hydroxylation is 1. The van der Waals surface area contributed by atoms with Crippen molar-refractivity contribution in [1.29, 1.82) is 0 Å². The van der Waals surface area contributed by atoms with Crippen molar-refractivity contribution in [2.45, 2.75) is 38.4 Å². The smallest absolute Gasteiger partial charge is 0.319 e. The molecule has 11 heteroatoms. The summed E-state index contributed by atoms with van der Waals surface area (Å²) in [6.45, 7) is 3.60. The number of carbonyl (C=O) groups is 2. The van der Waals surface area contributed by atoms with Crippen molar-refractivity contribution < 1.29 is 23.8 Å². The van der Waals surface area contributed by atoms with Crippen LogP contribution in [0.2, 0.25) is 0 Å². The molecule has 10 nitrogen and oxygen atoms in total. The Hall–Kier alpha value is -4.09. The first-order chi connectivity index (χ1) is 19.0. The SMILES string of the molecule is Cc1ccc(NC(=O)NC2CC(C)(F)C2)cc1-c1cc(OCCO)nc(-c2ccnc(NC(=O)CN(C)C)c2)c1. The number of ether oxygens (including phenoxy) is 1. The van der Waals surface area contributed by atoms with Crippen LogP contribution in [-0.2, 0) is 4.79 Å². The molecule has 0 spiro atoms. The minimum Gasteiger partial charge on any atom is -0.475 e. The number of anilines is 2. The number of hydrogen-bond acceptors (Lipinski definition) is 7. The van der Waals surface area contributed by atoms with E-state index >= 15 is 0 Å². The van der Waals surface area contributed by atoms with Crippen molar-refractivity contribution in [2.75, 3.05) is 44.5 Å². The molecule has 212 valence electrons. The number of pyridine rings is 2. The number of nitrogens with zero attached hydrogens (tertiary/aromatic N) is 3. The maximum Gasteiger partial charge on any atom is 0.319 e. The number of carbonyl (C=O) groups excluding carboxylic acids is 2. The van der Waals surface area contributed by atoms with Gasteiger partial charge in [0.15, 0.2) is 0 Å². The molecule has 4 N–H and O–H groups in total. The van der Waals surface area contributed by atoms with E-state index in [1.807, 2.05) is 25.1 Å². The van der Waals surface area contributed by atoms with E-state index in [0.717, 1.165) is 16.7 Å². The van der Waals surface area contributed by atoms with Gasteiger partial charge < -0.3 is 30.7 Å². The van der Waals surface area contributed by atoms with Crippen LogP contribution in [0.3, 0.4) is 0 Å². The molecule has 1 saturated carbocycles. The fourth-order valence-corrected chi connectivity index (χ4v) is 4.59. The third kappa shape index (κ3) is 7.73. The number of rotatable bonds is 10. The van der Waals surface area contributed by atoms with Crippen LogP contribution in [0, 0.1) is 6.92 Å². The van der Waals surface area contributed by atoms with E-state index in [1.165, 1.54) is 6.92 Å². The average molecular weight is 551 g/mol.